The van der Waals surface area contributed by atoms with Crippen molar-refractivity contribution in [1.29, 1.82) is 0 Å². The lowest BCUT2D eigenvalue weighted by Gasteiger charge is -2.10. The Morgan fingerprint density at radius 3 is 1.52 bits per heavy atom. The summed E-state index contributed by atoms with van der Waals surface area (Å²) >= 11 is 0. The SMILES string of the molecule is COc1ccc(OC(=O)c2ccc(C(=O)Oc3ccc(OC)cc3)c(C)c2)cc1. The number of aryl methyl sites for hydroxylation is 1. The predicted molar refractivity (Wildman–Crippen MR) is 107 cm³/mol. The van der Waals surface area contributed by atoms with Crippen molar-refractivity contribution in [2.75, 3.05) is 14.2 Å². The van der Waals surface area contributed by atoms with E-state index in [4.69, 9.17) is 18.9 Å². The number of carbonyl (C=O) groups is 2. The number of benzene rings is 3. The van der Waals surface area contributed by atoms with E-state index in [0.717, 1.165) is 0 Å². The highest BCUT2D eigenvalue weighted by atomic mass is 16.5. The molecule has 6 nitrogen and oxygen atoms in total. The summed E-state index contributed by atoms with van der Waals surface area (Å²) < 4.78 is 20.9. The second kappa shape index (κ2) is 8.93. The molecule has 0 N–H and O–H groups in total. The van der Waals surface area contributed by atoms with Crippen molar-refractivity contribution in [2.24, 2.45) is 0 Å². The van der Waals surface area contributed by atoms with Crippen molar-refractivity contribution >= 4 is 11.9 Å². The minimum atomic E-state index is -0.520. The Balaban J connectivity index is 1.69. The van der Waals surface area contributed by atoms with E-state index in [1.807, 2.05) is 0 Å². The Hall–Kier alpha value is -3.80. The summed E-state index contributed by atoms with van der Waals surface area (Å²) in [5.74, 6) is 1.10. The highest BCUT2D eigenvalue weighted by Crippen LogP contribution is 2.21. The molecule has 0 aliphatic rings. The van der Waals surface area contributed by atoms with Crippen LogP contribution in [0.5, 0.6) is 23.0 Å². The van der Waals surface area contributed by atoms with E-state index in [2.05, 4.69) is 0 Å². The normalized spacial score (nSPS) is 10.2. The van der Waals surface area contributed by atoms with Gasteiger partial charge in [0.05, 0.1) is 25.3 Å². The maximum absolute atomic E-state index is 12.4. The molecule has 3 aromatic rings. The Labute approximate surface area is 168 Å². The van der Waals surface area contributed by atoms with E-state index < -0.39 is 11.9 Å². The zero-order valence-corrected chi connectivity index (χ0v) is 16.3. The van der Waals surface area contributed by atoms with Gasteiger partial charge in [-0.25, -0.2) is 9.59 Å². The van der Waals surface area contributed by atoms with Gasteiger partial charge in [-0.15, -0.1) is 0 Å². The van der Waals surface area contributed by atoms with Crippen LogP contribution in [0.2, 0.25) is 0 Å². The van der Waals surface area contributed by atoms with Crippen LogP contribution >= 0.6 is 0 Å². The van der Waals surface area contributed by atoms with Gasteiger partial charge in [0, 0.05) is 0 Å². The van der Waals surface area contributed by atoms with Crippen LogP contribution in [0.25, 0.3) is 0 Å². The summed E-state index contributed by atoms with van der Waals surface area (Å²) in [7, 11) is 3.12. The molecule has 29 heavy (non-hydrogen) atoms. The highest BCUT2D eigenvalue weighted by Gasteiger charge is 2.16. The molecule has 0 radical (unpaired) electrons. The van der Waals surface area contributed by atoms with E-state index in [0.29, 0.717) is 39.7 Å². The molecule has 0 fully saturated rings. The second-order valence-corrected chi connectivity index (χ2v) is 6.16. The molecule has 0 aliphatic heterocycles. The molecule has 3 rings (SSSR count). The minimum Gasteiger partial charge on any atom is -0.497 e. The predicted octanol–water partition coefficient (Wildman–Crippen LogP) is 4.45. The third-order valence-corrected chi connectivity index (χ3v) is 4.22. The number of rotatable bonds is 6. The van der Waals surface area contributed by atoms with E-state index in [1.54, 1.807) is 81.8 Å². The van der Waals surface area contributed by atoms with Gasteiger partial charge in [0.15, 0.2) is 0 Å². The van der Waals surface area contributed by atoms with Crippen LogP contribution in [0.15, 0.2) is 66.7 Å². The Morgan fingerprint density at radius 2 is 1.07 bits per heavy atom. The number of carbonyl (C=O) groups excluding carboxylic acids is 2. The van der Waals surface area contributed by atoms with Crippen LogP contribution in [0.3, 0.4) is 0 Å². The minimum absolute atomic E-state index is 0.333. The fourth-order valence-electron chi connectivity index (χ4n) is 2.64. The Morgan fingerprint density at radius 1 is 0.621 bits per heavy atom. The van der Waals surface area contributed by atoms with Crippen LogP contribution in [0.4, 0.5) is 0 Å². The molecule has 3 aromatic carbocycles. The Bertz CT molecular complexity index is 1010. The number of hydrogen-bond donors (Lipinski definition) is 0. The Kier molecular flexibility index (Phi) is 6.14. The molecular weight excluding hydrogens is 372 g/mol. The van der Waals surface area contributed by atoms with Crippen molar-refractivity contribution in [1.82, 2.24) is 0 Å². The zero-order chi connectivity index (χ0) is 20.8. The molecule has 0 heterocycles. The van der Waals surface area contributed by atoms with Gasteiger partial charge < -0.3 is 18.9 Å². The van der Waals surface area contributed by atoms with Crippen LogP contribution in [-0.2, 0) is 0 Å². The molecule has 0 spiro atoms. The van der Waals surface area contributed by atoms with Gasteiger partial charge in [0.1, 0.15) is 23.0 Å². The van der Waals surface area contributed by atoms with Crippen molar-refractivity contribution in [3.63, 3.8) is 0 Å². The number of methoxy groups -OCH3 is 2. The topological polar surface area (TPSA) is 71.1 Å². The molecule has 0 bridgehead atoms. The summed E-state index contributed by atoms with van der Waals surface area (Å²) in [5.41, 5.74) is 1.30. The highest BCUT2D eigenvalue weighted by molar-refractivity contribution is 5.96. The van der Waals surface area contributed by atoms with Crippen LogP contribution in [-0.4, -0.2) is 26.2 Å². The van der Waals surface area contributed by atoms with Gasteiger partial charge in [0.25, 0.3) is 0 Å². The van der Waals surface area contributed by atoms with Gasteiger partial charge in [-0.1, -0.05) is 0 Å². The maximum atomic E-state index is 12.4. The van der Waals surface area contributed by atoms with Crippen molar-refractivity contribution in [3.8, 4) is 23.0 Å². The molecule has 0 saturated carbocycles. The van der Waals surface area contributed by atoms with E-state index in [9.17, 15) is 9.59 Å². The third-order valence-electron chi connectivity index (χ3n) is 4.22. The average Bonchev–Trinajstić information content (AvgIpc) is 2.74. The van der Waals surface area contributed by atoms with E-state index >= 15 is 0 Å². The standard InChI is InChI=1S/C23H20O6/c1-15-14-16(22(24)28-19-9-5-17(26-2)6-10-19)4-13-21(15)23(25)29-20-11-7-18(27-3)8-12-20/h4-14H,1-3H3. The van der Waals surface area contributed by atoms with Crippen molar-refractivity contribution < 1.29 is 28.5 Å². The first-order valence-corrected chi connectivity index (χ1v) is 8.83. The first kappa shape index (κ1) is 19.9. The van der Waals surface area contributed by atoms with Gasteiger partial charge in [-0.05, 0) is 79.2 Å². The lowest BCUT2D eigenvalue weighted by molar-refractivity contribution is 0.0719. The largest absolute Gasteiger partial charge is 0.497 e. The smallest absolute Gasteiger partial charge is 0.343 e. The first-order valence-electron chi connectivity index (χ1n) is 8.83. The number of esters is 2. The molecule has 0 unspecified atom stereocenters. The van der Waals surface area contributed by atoms with Gasteiger partial charge in [0.2, 0.25) is 0 Å². The van der Waals surface area contributed by atoms with Crippen LogP contribution in [0, 0.1) is 6.92 Å². The molecule has 6 heteroatoms. The summed E-state index contributed by atoms with van der Waals surface area (Å²) in [6, 6.07) is 18.1. The summed E-state index contributed by atoms with van der Waals surface area (Å²) in [4.78, 5) is 24.8. The maximum Gasteiger partial charge on any atom is 0.343 e. The van der Waals surface area contributed by atoms with E-state index in [-0.39, 0.29) is 0 Å². The quantitative estimate of drug-likeness (QED) is 0.456. The first-order chi connectivity index (χ1) is 14.0. The lowest BCUT2D eigenvalue weighted by Crippen LogP contribution is -2.13. The fourth-order valence-corrected chi connectivity index (χ4v) is 2.64. The number of ether oxygens (including phenoxy) is 4. The molecular formula is C23H20O6. The summed E-state index contributed by atoms with van der Waals surface area (Å²) in [6.07, 6.45) is 0. The molecule has 0 saturated heterocycles. The zero-order valence-electron chi connectivity index (χ0n) is 16.3. The van der Waals surface area contributed by atoms with Crippen LogP contribution in [0.1, 0.15) is 26.3 Å². The summed E-state index contributed by atoms with van der Waals surface area (Å²) in [6.45, 7) is 1.73. The van der Waals surface area contributed by atoms with Gasteiger partial charge in [-0.3, -0.25) is 0 Å². The summed E-state index contributed by atoms with van der Waals surface area (Å²) in [5, 5.41) is 0. The monoisotopic (exact) mass is 392 g/mol. The fraction of sp³-hybridized carbons (Fsp3) is 0.130. The lowest BCUT2D eigenvalue weighted by atomic mass is 10.1. The van der Waals surface area contributed by atoms with Gasteiger partial charge >= 0.3 is 11.9 Å². The molecule has 148 valence electrons. The van der Waals surface area contributed by atoms with E-state index in [1.165, 1.54) is 6.07 Å². The molecule has 0 aliphatic carbocycles. The molecule has 0 atom stereocenters. The van der Waals surface area contributed by atoms with Crippen LogP contribution < -0.4 is 18.9 Å². The van der Waals surface area contributed by atoms with Crippen molar-refractivity contribution in [2.45, 2.75) is 6.92 Å². The molecule has 0 amide bonds. The van der Waals surface area contributed by atoms with Crippen molar-refractivity contribution in [3.05, 3.63) is 83.4 Å². The molecule has 0 aromatic heterocycles. The average molecular weight is 392 g/mol. The third kappa shape index (κ3) is 4.93. The second-order valence-electron chi connectivity index (χ2n) is 6.16. The van der Waals surface area contributed by atoms with Gasteiger partial charge in [-0.2, -0.15) is 0 Å². The number of hydrogen-bond acceptors (Lipinski definition) is 6.